The zero-order valence-corrected chi connectivity index (χ0v) is 13.4. The number of esters is 1. The normalized spacial score (nSPS) is 15.5. The zero-order valence-electron chi connectivity index (χ0n) is 13.4. The van der Waals surface area contributed by atoms with Gasteiger partial charge in [0.2, 0.25) is 5.76 Å². The SMILES string of the molecule is COC(=O)c1ccc(CN(CC(O)c2ccc(F)cc2)C2CC2)o1. The maximum absolute atomic E-state index is 13.0. The van der Waals surface area contributed by atoms with Crippen LogP contribution in [0.25, 0.3) is 0 Å². The Morgan fingerprint density at radius 2 is 2.04 bits per heavy atom. The molecule has 0 spiro atoms. The Bertz CT molecular complexity index is 693. The largest absolute Gasteiger partial charge is 0.463 e. The van der Waals surface area contributed by atoms with Gasteiger partial charge in [0.15, 0.2) is 0 Å². The third kappa shape index (κ3) is 4.01. The number of hydrogen-bond donors (Lipinski definition) is 1. The van der Waals surface area contributed by atoms with Gasteiger partial charge in [-0.1, -0.05) is 12.1 Å². The van der Waals surface area contributed by atoms with E-state index in [0.717, 1.165) is 12.8 Å². The van der Waals surface area contributed by atoms with Crippen molar-refractivity contribution in [1.82, 2.24) is 4.90 Å². The van der Waals surface area contributed by atoms with E-state index in [4.69, 9.17) is 4.42 Å². The summed E-state index contributed by atoms with van der Waals surface area (Å²) in [5, 5.41) is 10.4. The third-order valence-corrected chi connectivity index (χ3v) is 4.13. The highest BCUT2D eigenvalue weighted by atomic mass is 19.1. The number of furan rings is 1. The topological polar surface area (TPSA) is 62.9 Å². The molecular formula is C18H20FNO4. The van der Waals surface area contributed by atoms with Crippen molar-refractivity contribution in [2.45, 2.75) is 31.5 Å². The first-order valence-corrected chi connectivity index (χ1v) is 7.91. The number of rotatable bonds is 7. The minimum Gasteiger partial charge on any atom is -0.463 e. The average Bonchev–Trinajstić information content (AvgIpc) is 3.33. The number of methoxy groups -OCH3 is 1. The molecule has 1 heterocycles. The maximum Gasteiger partial charge on any atom is 0.373 e. The van der Waals surface area contributed by atoms with Gasteiger partial charge in [-0.05, 0) is 42.7 Å². The van der Waals surface area contributed by atoms with Crippen LogP contribution in [0.3, 0.4) is 0 Å². The molecule has 5 nitrogen and oxygen atoms in total. The van der Waals surface area contributed by atoms with Crippen molar-refractivity contribution >= 4 is 5.97 Å². The minimum atomic E-state index is -0.707. The van der Waals surface area contributed by atoms with E-state index in [2.05, 4.69) is 9.64 Å². The smallest absolute Gasteiger partial charge is 0.373 e. The van der Waals surface area contributed by atoms with E-state index in [1.807, 2.05) is 0 Å². The molecule has 1 aliphatic carbocycles. The minimum absolute atomic E-state index is 0.169. The number of halogens is 1. The lowest BCUT2D eigenvalue weighted by Crippen LogP contribution is -2.30. The van der Waals surface area contributed by atoms with Gasteiger partial charge < -0.3 is 14.3 Å². The number of aliphatic hydroxyl groups excluding tert-OH is 1. The fourth-order valence-electron chi connectivity index (χ4n) is 2.67. The summed E-state index contributed by atoms with van der Waals surface area (Å²) < 4.78 is 23.1. The summed E-state index contributed by atoms with van der Waals surface area (Å²) in [5.41, 5.74) is 0.678. The highest BCUT2D eigenvalue weighted by molar-refractivity contribution is 5.86. The van der Waals surface area contributed by atoms with Crippen molar-refractivity contribution in [3.05, 3.63) is 59.3 Å². The second kappa shape index (κ2) is 7.15. The highest BCUT2D eigenvalue weighted by Gasteiger charge is 2.31. The Hall–Kier alpha value is -2.18. The molecular weight excluding hydrogens is 313 g/mol. The van der Waals surface area contributed by atoms with E-state index in [0.29, 0.717) is 30.5 Å². The molecule has 1 saturated carbocycles. The fourth-order valence-corrected chi connectivity index (χ4v) is 2.67. The third-order valence-electron chi connectivity index (χ3n) is 4.13. The molecule has 0 radical (unpaired) electrons. The first-order valence-electron chi connectivity index (χ1n) is 7.91. The summed E-state index contributed by atoms with van der Waals surface area (Å²) in [4.78, 5) is 13.6. The number of hydrogen-bond acceptors (Lipinski definition) is 5. The Kier molecular flexibility index (Phi) is 4.97. The van der Waals surface area contributed by atoms with Gasteiger partial charge >= 0.3 is 5.97 Å². The second-order valence-corrected chi connectivity index (χ2v) is 5.99. The van der Waals surface area contributed by atoms with Crippen molar-refractivity contribution in [2.24, 2.45) is 0 Å². The number of carbonyl (C=O) groups is 1. The molecule has 1 aliphatic rings. The number of aliphatic hydroxyl groups is 1. The Balaban J connectivity index is 1.65. The van der Waals surface area contributed by atoms with Crippen LogP contribution in [0, 0.1) is 5.82 Å². The molecule has 1 aromatic carbocycles. The van der Waals surface area contributed by atoms with Crippen LogP contribution in [-0.2, 0) is 11.3 Å². The monoisotopic (exact) mass is 333 g/mol. The Morgan fingerprint density at radius 3 is 2.67 bits per heavy atom. The molecule has 128 valence electrons. The van der Waals surface area contributed by atoms with E-state index in [1.165, 1.54) is 19.2 Å². The molecule has 0 aliphatic heterocycles. The van der Waals surface area contributed by atoms with Crippen molar-refractivity contribution in [2.75, 3.05) is 13.7 Å². The molecule has 0 saturated heterocycles. The standard InChI is InChI=1S/C18H20FNO4/c1-23-18(22)17-9-8-15(24-17)10-20(14-6-7-14)11-16(21)12-2-4-13(19)5-3-12/h2-5,8-9,14,16,21H,6-7,10-11H2,1H3. The van der Waals surface area contributed by atoms with E-state index in [1.54, 1.807) is 24.3 Å². The Morgan fingerprint density at radius 1 is 1.33 bits per heavy atom. The van der Waals surface area contributed by atoms with E-state index < -0.39 is 12.1 Å². The molecule has 2 aromatic rings. The lowest BCUT2D eigenvalue weighted by molar-refractivity contribution is 0.0557. The molecule has 3 rings (SSSR count). The van der Waals surface area contributed by atoms with Crippen molar-refractivity contribution in [3.63, 3.8) is 0 Å². The predicted molar refractivity (Wildman–Crippen MR) is 84.8 cm³/mol. The van der Waals surface area contributed by atoms with Gasteiger partial charge in [0.05, 0.1) is 19.8 Å². The molecule has 1 unspecified atom stereocenters. The van der Waals surface area contributed by atoms with Crippen LogP contribution in [0.15, 0.2) is 40.8 Å². The van der Waals surface area contributed by atoms with Crippen LogP contribution in [0.1, 0.15) is 40.8 Å². The molecule has 24 heavy (non-hydrogen) atoms. The Labute approximate surface area is 139 Å². The fraction of sp³-hybridized carbons (Fsp3) is 0.389. The lowest BCUT2D eigenvalue weighted by Gasteiger charge is -2.24. The zero-order chi connectivity index (χ0) is 17.1. The first kappa shape index (κ1) is 16.7. The second-order valence-electron chi connectivity index (χ2n) is 5.99. The van der Waals surface area contributed by atoms with Crippen LogP contribution < -0.4 is 0 Å². The van der Waals surface area contributed by atoms with Crippen LogP contribution >= 0.6 is 0 Å². The summed E-state index contributed by atoms with van der Waals surface area (Å²) in [6.45, 7) is 0.921. The molecule has 6 heteroatoms. The molecule has 0 bridgehead atoms. The van der Waals surface area contributed by atoms with Crippen LogP contribution in [-0.4, -0.2) is 35.7 Å². The van der Waals surface area contributed by atoms with Gasteiger partial charge in [0.1, 0.15) is 11.6 Å². The van der Waals surface area contributed by atoms with Crippen LogP contribution in [0.2, 0.25) is 0 Å². The molecule has 0 amide bonds. The first-order chi connectivity index (χ1) is 11.6. The molecule has 1 fully saturated rings. The van der Waals surface area contributed by atoms with E-state index >= 15 is 0 Å². The number of ether oxygens (including phenoxy) is 1. The summed E-state index contributed by atoms with van der Waals surface area (Å²) in [5.74, 6) is -0.0163. The number of benzene rings is 1. The van der Waals surface area contributed by atoms with Crippen LogP contribution in [0.4, 0.5) is 4.39 Å². The van der Waals surface area contributed by atoms with Gasteiger partial charge in [-0.15, -0.1) is 0 Å². The average molecular weight is 333 g/mol. The van der Waals surface area contributed by atoms with Crippen molar-refractivity contribution in [1.29, 1.82) is 0 Å². The molecule has 1 N–H and O–H groups in total. The van der Waals surface area contributed by atoms with Gasteiger partial charge in [0.25, 0.3) is 0 Å². The van der Waals surface area contributed by atoms with Crippen LogP contribution in [0.5, 0.6) is 0 Å². The molecule has 1 atom stereocenters. The summed E-state index contributed by atoms with van der Waals surface area (Å²) in [6, 6.07) is 9.59. The highest BCUT2D eigenvalue weighted by Crippen LogP contribution is 2.30. The van der Waals surface area contributed by atoms with E-state index in [-0.39, 0.29) is 11.6 Å². The number of nitrogens with zero attached hydrogens (tertiary/aromatic N) is 1. The summed E-state index contributed by atoms with van der Waals surface area (Å²) >= 11 is 0. The molecule has 1 aromatic heterocycles. The van der Waals surface area contributed by atoms with Crippen molar-refractivity contribution in [3.8, 4) is 0 Å². The number of carbonyl (C=O) groups excluding carboxylic acids is 1. The van der Waals surface area contributed by atoms with Gasteiger partial charge in [-0.3, -0.25) is 4.90 Å². The van der Waals surface area contributed by atoms with Gasteiger partial charge in [-0.2, -0.15) is 0 Å². The predicted octanol–water partition coefficient (Wildman–Crippen LogP) is 2.90. The quantitative estimate of drug-likeness (QED) is 0.790. The lowest BCUT2D eigenvalue weighted by atomic mass is 10.1. The van der Waals surface area contributed by atoms with E-state index in [9.17, 15) is 14.3 Å². The summed E-state index contributed by atoms with van der Waals surface area (Å²) in [6.07, 6.45) is 1.43. The maximum atomic E-state index is 13.0. The van der Waals surface area contributed by atoms with Gasteiger partial charge in [0, 0.05) is 12.6 Å². The summed E-state index contributed by atoms with van der Waals surface area (Å²) in [7, 11) is 1.31. The van der Waals surface area contributed by atoms with Crippen molar-refractivity contribution < 1.29 is 23.4 Å². The van der Waals surface area contributed by atoms with Gasteiger partial charge in [-0.25, -0.2) is 9.18 Å².